The zero-order valence-corrected chi connectivity index (χ0v) is 6.20. The van der Waals surface area contributed by atoms with Crippen molar-refractivity contribution in [2.24, 2.45) is 0 Å². The molecule has 2 N–H and O–H groups in total. The molecule has 0 unspecified atom stereocenters. The van der Waals surface area contributed by atoms with E-state index in [1.54, 1.807) is 0 Å². The molecule has 0 amide bonds. The van der Waals surface area contributed by atoms with Gasteiger partial charge in [0.1, 0.15) is 17.4 Å². The van der Waals surface area contributed by atoms with Crippen molar-refractivity contribution in [1.29, 1.82) is 5.26 Å². The van der Waals surface area contributed by atoms with Gasteiger partial charge in [0.05, 0.1) is 6.20 Å². The van der Waals surface area contributed by atoms with E-state index in [4.69, 9.17) is 15.5 Å². The second kappa shape index (κ2) is 3.23. The predicted octanol–water partition coefficient (Wildman–Crippen LogP) is 1.30. The summed E-state index contributed by atoms with van der Waals surface area (Å²) >= 11 is 0. The molecule has 0 aliphatic rings. The summed E-state index contributed by atoms with van der Waals surface area (Å²) in [6.45, 7) is 0. The molecular weight excluding hydrogens is 182 g/mol. The molecule has 0 saturated heterocycles. The van der Waals surface area contributed by atoms with Crippen LogP contribution in [0.3, 0.4) is 0 Å². The van der Waals surface area contributed by atoms with Crippen LogP contribution in [0, 0.1) is 11.3 Å². The van der Waals surface area contributed by atoms with Crippen LogP contribution < -0.4 is 0 Å². The van der Waals surface area contributed by atoms with E-state index < -0.39 is 29.2 Å². The average Bonchev–Trinajstić information content (AvgIpc) is 2.04. The molecule has 1 aromatic rings. The van der Waals surface area contributed by atoms with Crippen LogP contribution in [0.5, 0.6) is 11.5 Å². The third kappa shape index (κ3) is 1.49. The summed E-state index contributed by atoms with van der Waals surface area (Å²) in [4.78, 5) is 3.24. The first-order valence-electron chi connectivity index (χ1n) is 3.17. The highest BCUT2D eigenvalue weighted by atomic mass is 19.3. The summed E-state index contributed by atoms with van der Waals surface area (Å²) in [5.41, 5.74) is -1.50. The van der Waals surface area contributed by atoms with Crippen molar-refractivity contribution in [3.8, 4) is 17.6 Å². The lowest BCUT2D eigenvalue weighted by Crippen LogP contribution is -1.92. The van der Waals surface area contributed by atoms with E-state index in [0.29, 0.717) is 6.20 Å². The Bertz CT molecular complexity index is 373. The number of pyridine rings is 1. The molecule has 13 heavy (non-hydrogen) atoms. The van der Waals surface area contributed by atoms with Crippen molar-refractivity contribution in [3.63, 3.8) is 0 Å². The molecule has 1 rings (SSSR count). The highest BCUT2D eigenvalue weighted by Crippen LogP contribution is 2.36. The van der Waals surface area contributed by atoms with Crippen molar-refractivity contribution < 1.29 is 19.0 Å². The van der Waals surface area contributed by atoms with E-state index in [0.717, 1.165) is 0 Å². The lowest BCUT2D eigenvalue weighted by molar-refractivity contribution is 0.143. The topological polar surface area (TPSA) is 77.1 Å². The fourth-order valence-electron chi connectivity index (χ4n) is 0.802. The molecule has 0 saturated carbocycles. The molecule has 0 aliphatic carbocycles. The van der Waals surface area contributed by atoms with Crippen LogP contribution in [-0.4, -0.2) is 15.2 Å². The van der Waals surface area contributed by atoms with Gasteiger partial charge in [0.2, 0.25) is 0 Å². The maximum atomic E-state index is 12.1. The minimum atomic E-state index is -3.05. The molecule has 0 bridgehead atoms. The van der Waals surface area contributed by atoms with Gasteiger partial charge in [-0.3, -0.25) is 0 Å². The number of aromatic nitrogens is 1. The second-order valence-corrected chi connectivity index (χ2v) is 2.17. The van der Waals surface area contributed by atoms with Gasteiger partial charge in [-0.25, -0.2) is 13.8 Å². The summed E-state index contributed by atoms with van der Waals surface area (Å²) in [6.07, 6.45) is -2.35. The van der Waals surface area contributed by atoms with Crippen molar-refractivity contribution in [1.82, 2.24) is 4.98 Å². The first-order valence-corrected chi connectivity index (χ1v) is 3.17. The van der Waals surface area contributed by atoms with E-state index in [9.17, 15) is 8.78 Å². The van der Waals surface area contributed by atoms with Crippen LogP contribution in [0.2, 0.25) is 0 Å². The maximum absolute atomic E-state index is 12.1. The van der Waals surface area contributed by atoms with Gasteiger partial charge in [0.15, 0.2) is 11.4 Å². The highest BCUT2D eigenvalue weighted by molar-refractivity contribution is 5.49. The van der Waals surface area contributed by atoms with E-state index in [2.05, 4.69) is 4.98 Å². The fraction of sp³-hybridized carbons (Fsp3) is 0.143. The summed E-state index contributed by atoms with van der Waals surface area (Å²) in [6, 6.07) is 1.41. The molecule has 0 aliphatic heterocycles. The summed E-state index contributed by atoms with van der Waals surface area (Å²) in [5.74, 6) is -1.80. The zero-order valence-electron chi connectivity index (χ0n) is 6.20. The Kier molecular flexibility index (Phi) is 2.28. The number of hydrogen-bond donors (Lipinski definition) is 2. The van der Waals surface area contributed by atoms with Gasteiger partial charge >= 0.3 is 0 Å². The molecule has 4 nitrogen and oxygen atoms in total. The minimum absolute atomic E-state index is 0.534. The molecule has 0 aromatic carbocycles. The van der Waals surface area contributed by atoms with Gasteiger partial charge in [0, 0.05) is 0 Å². The van der Waals surface area contributed by atoms with Crippen LogP contribution in [0.4, 0.5) is 8.78 Å². The van der Waals surface area contributed by atoms with Crippen molar-refractivity contribution in [3.05, 3.63) is 17.5 Å². The SMILES string of the molecule is N#Cc1ncc(O)c(C(F)F)c1O. The van der Waals surface area contributed by atoms with Crippen molar-refractivity contribution in [2.45, 2.75) is 6.43 Å². The number of aromatic hydroxyl groups is 2. The summed E-state index contributed by atoms with van der Waals surface area (Å²) < 4.78 is 24.3. The Morgan fingerprint density at radius 1 is 1.46 bits per heavy atom. The molecule has 1 heterocycles. The highest BCUT2D eigenvalue weighted by Gasteiger charge is 2.21. The number of nitrogens with zero attached hydrogens (tertiary/aromatic N) is 2. The smallest absolute Gasteiger partial charge is 0.271 e. The number of rotatable bonds is 1. The lowest BCUT2D eigenvalue weighted by Gasteiger charge is -2.05. The Hall–Kier alpha value is -1.90. The molecule has 68 valence electrons. The summed E-state index contributed by atoms with van der Waals surface area (Å²) in [5, 5.41) is 26.2. The van der Waals surface area contributed by atoms with Gasteiger partial charge in [0.25, 0.3) is 6.43 Å². The first-order chi connectivity index (χ1) is 6.07. The van der Waals surface area contributed by atoms with E-state index >= 15 is 0 Å². The van der Waals surface area contributed by atoms with E-state index in [1.165, 1.54) is 6.07 Å². The van der Waals surface area contributed by atoms with E-state index in [1.807, 2.05) is 0 Å². The van der Waals surface area contributed by atoms with Crippen LogP contribution in [0.15, 0.2) is 6.20 Å². The van der Waals surface area contributed by atoms with Gasteiger partial charge in [-0.1, -0.05) is 0 Å². The molecule has 0 spiro atoms. The number of hydrogen-bond acceptors (Lipinski definition) is 4. The van der Waals surface area contributed by atoms with Crippen LogP contribution >= 0.6 is 0 Å². The van der Waals surface area contributed by atoms with Gasteiger partial charge in [-0.15, -0.1) is 0 Å². The van der Waals surface area contributed by atoms with Crippen LogP contribution in [-0.2, 0) is 0 Å². The summed E-state index contributed by atoms with van der Waals surface area (Å²) in [7, 11) is 0. The molecular formula is C7H4F2N2O2. The van der Waals surface area contributed by atoms with Crippen molar-refractivity contribution >= 4 is 0 Å². The monoisotopic (exact) mass is 186 g/mol. The van der Waals surface area contributed by atoms with Gasteiger partial charge in [-0.05, 0) is 0 Å². The number of nitriles is 1. The molecule has 0 radical (unpaired) electrons. The van der Waals surface area contributed by atoms with E-state index in [-0.39, 0.29) is 0 Å². The standard InChI is InChI=1S/C7H4F2N2O2/c8-7(9)5-4(12)2-11-3(1-10)6(5)13/h2,7,12-13H. The van der Waals surface area contributed by atoms with Gasteiger partial charge in [-0.2, -0.15) is 5.26 Å². The number of alkyl halides is 2. The number of halogens is 2. The lowest BCUT2D eigenvalue weighted by atomic mass is 10.2. The van der Waals surface area contributed by atoms with Crippen LogP contribution in [0.25, 0.3) is 0 Å². The third-order valence-electron chi connectivity index (χ3n) is 1.40. The van der Waals surface area contributed by atoms with Gasteiger partial charge < -0.3 is 10.2 Å². The second-order valence-electron chi connectivity index (χ2n) is 2.17. The zero-order chi connectivity index (χ0) is 10.0. The maximum Gasteiger partial charge on any atom is 0.271 e. The Morgan fingerprint density at radius 2 is 2.08 bits per heavy atom. The predicted molar refractivity (Wildman–Crippen MR) is 37.2 cm³/mol. The third-order valence-corrected chi connectivity index (χ3v) is 1.40. The fourth-order valence-corrected chi connectivity index (χ4v) is 0.802. The molecule has 0 atom stereocenters. The van der Waals surface area contributed by atoms with Crippen molar-refractivity contribution in [2.75, 3.05) is 0 Å². The average molecular weight is 186 g/mol. The molecule has 0 fully saturated rings. The van der Waals surface area contributed by atoms with Crippen LogP contribution in [0.1, 0.15) is 17.7 Å². The minimum Gasteiger partial charge on any atom is -0.506 e. The molecule has 1 aromatic heterocycles. The Morgan fingerprint density at radius 3 is 2.54 bits per heavy atom. The molecule has 6 heteroatoms. The Balaban J connectivity index is 3.41. The largest absolute Gasteiger partial charge is 0.506 e. The Labute approximate surface area is 71.7 Å². The normalized spacial score (nSPS) is 10.0. The quantitative estimate of drug-likeness (QED) is 0.692. The first kappa shape index (κ1) is 9.19.